The largest absolute Gasteiger partial charge is 0.327 e. The molecule has 0 aliphatic carbocycles. The van der Waals surface area contributed by atoms with Crippen LogP contribution in [0.2, 0.25) is 0 Å². The Labute approximate surface area is 57.3 Å². The monoisotopic (exact) mass is 128 g/mol. The van der Waals surface area contributed by atoms with E-state index in [1.165, 1.54) is 11.1 Å². The first kappa shape index (κ1) is 11.2. The van der Waals surface area contributed by atoms with Gasteiger partial charge in [0.2, 0.25) is 0 Å². The normalized spacial score (nSPS) is 7.11. The third-order valence-corrected chi connectivity index (χ3v) is 1.16. The summed E-state index contributed by atoms with van der Waals surface area (Å²) in [7, 11) is 0. The predicted molar refractivity (Wildman–Crippen MR) is 42.9 cm³/mol. The molecule has 0 spiro atoms. The zero-order chi connectivity index (χ0) is 7.86. The molecule has 0 aromatic rings. The Hall–Kier alpha value is -0.630. The first-order chi connectivity index (χ1) is 4.18. The summed E-state index contributed by atoms with van der Waals surface area (Å²) >= 11 is 0. The summed E-state index contributed by atoms with van der Waals surface area (Å²) in [4.78, 5) is 0. The van der Waals surface area contributed by atoms with Crippen molar-refractivity contribution in [2.75, 3.05) is 6.54 Å². The van der Waals surface area contributed by atoms with Crippen molar-refractivity contribution >= 4 is 6.72 Å². The number of hydrogen-bond donors (Lipinski definition) is 2. The lowest BCUT2D eigenvalue weighted by Crippen LogP contribution is -2.00. The molecule has 0 amide bonds. The molecule has 0 bridgehead atoms. The second-order valence-electron chi connectivity index (χ2n) is 1.98. The number of allylic oxidation sites excluding steroid dienone is 1. The molecule has 0 saturated heterocycles. The van der Waals surface area contributed by atoms with Crippen LogP contribution in [-0.4, -0.2) is 13.3 Å². The summed E-state index contributed by atoms with van der Waals surface area (Å²) < 4.78 is 0. The molecule has 0 aliphatic heterocycles. The van der Waals surface area contributed by atoms with Crippen molar-refractivity contribution in [2.45, 2.75) is 20.8 Å². The van der Waals surface area contributed by atoms with E-state index in [1.54, 1.807) is 0 Å². The maximum Gasteiger partial charge on any atom is 0.0136 e. The Morgan fingerprint density at radius 1 is 1.33 bits per heavy atom. The number of rotatable bonds is 1. The van der Waals surface area contributed by atoms with Crippen LogP contribution in [-0.2, 0) is 0 Å². The Balaban J connectivity index is 0. The van der Waals surface area contributed by atoms with Gasteiger partial charge in [0.15, 0.2) is 0 Å². The van der Waals surface area contributed by atoms with Gasteiger partial charge in [0.25, 0.3) is 0 Å². The molecule has 2 nitrogen and oxygen atoms in total. The van der Waals surface area contributed by atoms with E-state index in [2.05, 4.69) is 27.5 Å². The van der Waals surface area contributed by atoms with Gasteiger partial charge in [-0.15, -0.1) is 0 Å². The lowest BCUT2D eigenvalue weighted by molar-refractivity contribution is 1.09. The molecule has 0 saturated carbocycles. The fourth-order valence-corrected chi connectivity index (χ4v) is 0.204. The van der Waals surface area contributed by atoms with Gasteiger partial charge < -0.3 is 11.1 Å². The van der Waals surface area contributed by atoms with Gasteiger partial charge in [0.05, 0.1) is 0 Å². The van der Waals surface area contributed by atoms with Crippen LogP contribution in [0, 0.1) is 5.41 Å². The fraction of sp³-hybridized carbons (Fsp3) is 0.571. The molecular weight excluding hydrogens is 112 g/mol. The van der Waals surface area contributed by atoms with E-state index in [-0.39, 0.29) is 0 Å². The van der Waals surface area contributed by atoms with Crippen LogP contribution >= 0.6 is 0 Å². The zero-order valence-electron chi connectivity index (χ0n) is 6.49. The highest BCUT2D eigenvalue weighted by Crippen LogP contribution is 1.96. The quantitative estimate of drug-likeness (QED) is 0.408. The van der Waals surface area contributed by atoms with Crippen LogP contribution in [0.1, 0.15) is 20.8 Å². The van der Waals surface area contributed by atoms with Crippen LogP contribution < -0.4 is 5.73 Å². The fourth-order valence-electron chi connectivity index (χ4n) is 0.204. The second-order valence-corrected chi connectivity index (χ2v) is 1.98. The molecule has 9 heavy (non-hydrogen) atoms. The molecule has 0 atom stereocenters. The zero-order valence-corrected chi connectivity index (χ0v) is 6.49. The summed E-state index contributed by atoms with van der Waals surface area (Å²) in [5, 5.41) is 5.50. The Morgan fingerprint density at radius 3 is 1.67 bits per heavy atom. The van der Waals surface area contributed by atoms with Crippen molar-refractivity contribution in [3.8, 4) is 0 Å². The highest BCUT2D eigenvalue weighted by Gasteiger charge is 1.83. The molecule has 0 fully saturated rings. The van der Waals surface area contributed by atoms with E-state index in [0.717, 1.165) is 0 Å². The number of nitrogens with two attached hydrogens (primary N) is 1. The van der Waals surface area contributed by atoms with Gasteiger partial charge in [0.1, 0.15) is 0 Å². The van der Waals surface area contributed by atoms with Crippen molar-refractivity contribution in [2.24, 2.45) is 5.73 Å². The van der Waals surface area contributed by atoms with Gasteiger partial charge in [-0.25, -0.2) is 0 Å². The average Bonchev–Trinajstić information content (AvgIpc) is 1.91. The molecule has 54 valence electrons. The highest BCUT2D eigenvalue weighted by molar-refractivity contribution is 5.15. The predicted octanol–water partition coefficient (Wildman–Crippen LogP) is 1.57. The third kappa shape index (κ3) is 7.37. The highest BCUT2D eigenvalue weighted by atomic mass is 14.5. The smallest absolute Gasteiger partial charge is 0.0136 e. The molecule has 2 heteroatoms. The van der Waals surface area contributed by atoms with E-state index in [9.17, 15) is 0 Å². The Morgan fingerprint density at radius 2 is 1.67 bits per heavy atom. The van der Waals surface area contributed by atoms with E-state index in [1.807, 2.05) is 0 Å². The lowest BCUT2D eigenvalue weighted by atomic mass is 10.2. The Kier molecular flexibility index (Phi) is 9.18. The summed E-state index contributed by atoms with van der Waals surface area (Å²) in [5.74, 6) is 0. The third-order valence-electron chi connectivity index (χ3n) is 1.16. The van der Waals surface area contributed by atoms with Crippen molar-refractivity contribution in [1.29, 1.82) is 5.41 Å². The maximum absolute atomic E-state index is 5.50. The molecule has 0 aromatic carbocycles. The van der Waals surface area contributed by atoms with Crippen LogP contribution in [0.4, 0.5) is 0 Å². The van der Waals surface area contributed by atoms with Gasteiger partial charge in [-0.1, -0.05) is 11.1 Å². The summed E-state index contributed by atoms with van der Waals surface area (Å²) in [6.45, 7) is 9.39. The van der Waals surface area contributed by atoms with E-state index < -0.39 is 0 Å². The van der Waals surface area contributed by atoms with Crippen LogP contribution in [0.25, 0.3) is 0 Å². The van der Waals surface area contributed by atoms with Crippen LogP contribution in [0.3, 0.4) is 0 Å². The lowest BCUT2D eigenvalue weighted by Gasteiger charge is -1.94. The van der Waals surface area contributed by atoms with Crippen molar-refractivity contribution < 1.29 is 0 Å². The SMILES string of the molecule is C=N.CC(C)=C(C)CN. The minimum absolute atomic E-state index is 0.697. The summed E-state index contributed by atoms with van der Waals surface area (Å²) in [6, 6.07) is 0. The molecule has 0 aromatic heterocycles. The topological polar surface area (TPSA) is 49.9 Å². The van der Waals surface area contributed by atoms with Gasteiger partial charge in [-0.2, -0.15) is 0 Å². The summed E-state index contributed by atoms with van der Waals surface area (Å²) in [5.41, 5.74) is 7.94. The van der Waals surface area contributed by atoms with Crippen molar-refractivity contribution in [3.63, 3.8) is 0 Å². The molecule has 0 heterocycles. The van der Waals surface area contributed by atoms with E-state index >= 15 is 0 Å². The Bertz CT molecular complexity index is 91.1. The molecular formula is C7H16N2. The van der Waals surface area contributed by atoms with Gasteiger partial charge in [-0.05, 0) is 27.5 Å². The molecule has 0 unspecified atom stereocenters. The maximum atomic E-state index is 5.50. The molecule has 0 rings (SSSR count). The van der Waals surface area contributed by atoms with Gasteiger partial charge in [-0.3, -0.25) is 0 Å². The minimum Gasteiger partial charge on any atom is -0.327 e. The van der Waals surface area contributed by atoms with Gasteiger partial charge >= 0.3 is 0 Å². The van der Waals surface area contributed by atoms with Crippen molar-refractivity contribution in [1.82, 2.24) is 0 Å². The molecule has 0 radical (unpaired) electrons. The first-order valence-electron chi connectivity index (χ1n) is 2.87. The minimum atomic E-state index is 0.697. The molecule has 0 aliphatic rings. The standard InChI is InChI=1S/C6H13N.CH3N/c1-5(2)6(3)4-7;1-2/h4,7H2,1-3H3;2H,1H2. The van der Waals surface area contributed by atoms with Crippen LogP contribution in [0.5, 0.6) is 0 Å². The average molecular weight is 128 g/mol. The number of nitrogens with one attached hydrogen (secondary N) is 1. The van der Waals surface area contributed by atoms with Gasteiger partial charge in [0, 0.05) is 6.54 Å². The summed E-state index contributed by atoms with van der Waals surface area (Å²) in [6.07, 6.45) is 0. The first-order valence-corrected chi connectivity index (χ1v) is 2.87. The number of hydrogen-bond acceptors (Lipinski definition) is 2. The second kappa shape index (κ2) is 7.37. The van der Waals surface area contributed by atoms with E-state index in [4.69, 9.17) is 11.1 Å². The van der Waals surface area contributed by atoms with Crippen LogP contribution in [0.15, 0.2) is 11.1 Å². The van der Waals surface area contributed by atoms with Crippen molar-refractivity contribution in [3.05, 3.63) is 11.1 Å². The van der Waals surface area contributed by atoms with E-state index in [0.29, 0.717) is 6.54 Å². The molecule has 3 N–H and O–H groups in total.